The summed E-state index contributed by atoms with van der Waals surface area (Å²) in [5.41, 5.74) is 0.829. The van der Waals surface area contributed by atoms with E-state index in [9.17, 15) is 5.11 Å². The van der Waals surface area contributed by atoms with E-state index in [-0.39, 0.29) is 6.04 Å². The highest BCUT2D eigenvalue weighted by Gasteiger charge is 2.06. The van der Waals surface area contributed by atoms with E-state index in [1.54, 1.807) is 12.4 Å². The van der Waals surface area contributed by atoms with Gasteiger partial charge >= 0.3 is 0 Å². The smallest absolute Gasteiger partial charge is 0.0929 e. The van der Waals surface area contributed by atoms with Crippen molar-refractivity contribution >= 4 is 0 Å². The third-order valence-electron chi connectivity index (χ3n) is 1.73. The van der Waals surface area contributed by atoms with E-state index in [0.29, 0.717) is 6.54 Å². The molecule has 0 fully saturated rings. The second kappa shape index (κ2) is 4.94. The molecule has 1 aromatic heterocycles. The molecule has 0 saturated carbocycles. The number of aromatic nitrogens is 1. The summed E-state index contributed by atoms with van der Waals surface area (Å²) in [5, 5.41) is 12.7. The van der Waals surface area contributed by atoms with Gasteiger partial charge in [0, 0.05) is 30.5 Å². The molecular weight excluding hydrogens is 164 g/mol. The lowest BCUT2D eigenvalue weighted by atomic mass is 10.1. The van der Waals surface area contributed by atoms with Crippen LogP contribution in [0.3, 0.4) is 0 Å². The van der Waals surface area contributed by atoms with E-state index in [1.165, 1.54) is 0 Å². The lowest BCUT2D eigenvalue weighted by molar-refractivity contribution is 0.172. The molecule has 0 amide bonds. The second-order valence-corrected chi connectivity index (χ2v) is 3.11. The standard InChI is InChI=1S/C10H15N2O/c1-8(2)12-7-10(13)9-4-3-5-11-6-9/h3-6,8,10,12-13H,1,7H2,2H3/t8-,10+/m1/s1. The van der Waals surface area contributed by atoms with Crippen LogP contribution in [0.4, 0.5) is 0 Å². The zero-order chi connectivity index (χ0) is 9.68. The summed E-state index contributed by atoms with van der Waals surface area (Å²) < 4.78 is 0. The average molecular weight is 179 g/mol. The first-order valence-corrected chi connectivity index (χ1v) is 4.34. The Morgan fingerprint density at radius 3 is 3.00 bits per heavy atom. The first-order valence-electron chi connectivity index (χ1n) is 4.34. The minimum Gasteiger partial charge on any atom is -0.387 e. The van der Waals surface area contributed by atoms with Crippen LogP contribution < -0.4 is 5.32 Å². The maximum atomic E-state index is 9.64. The molecule has 0 aromatic carbocycles. The number of rotatable bonds is 4. The summed E-state index contributed by atoms with van der Waals surface area (Å²) in [6.07, 6.45) is 2.85. The molecular formula is C10H15N2O. The maximum Gasteiger partial charge on any atom is 0.0929 e. The van der Waals surface area contributed by atoms with Crippen molar-refractivity contribution in [1.29, 1.82) is 0 Å². The normalized spacial score (nSPS) is 13.2. The van der Waals surface area contributed by atoms with Crippen molar-refractivity contribution in [1.82, 2.24) is 10.3 Å². The lowest BCUT2D eigenvalue weighted by Crippen LogP contribution is -2.28. The number of aliphatic hydroxyl groups excluding tert-OH is 1. The van der Waals surface area contributed by atoms with Crippen molar-refractivity contribution in [3.63, 3.8) is 0 Å². The Bertz CT molecular complexity index is 236. The van der Waals surface area contributed by atoms with Gasteiger partial charge in [-0.1, -0.05) is 6.07 Å². The molecule has 1 aromatic rings. The second-order valence-electron chi connectivity index (χ2n) is 3.11. The molecule has 2 atom stereocenters. The van der Waals surface area contributed by atoms with E-state index in [4.69, 9.17) is 0 Å². The van der Waals surface area contributed by atoms with Gasteiger partial charge in [0.05, 0.1) is 6.10 Å². The molecule has 0 unspecified atom stereocenters. The fraction of sp³-hybridized carbons (Fsp3) is 0.400. The fourth-order valence-corrected chi connectivity index (χ4v) is 1.00. The quantitative estimate of drug-likeness (QED) is 0.722. The predicted molar refractivity (Wildman–Crippen MR) is 52.0 cm³/mol. The third-order valence-corrected chi connectivity index (χ3v) is 1.73. The monoisotopic (exact) mass is 179 g/mol. The van der Waals surface area contributed by atoms with E-state index >= 15 is 0 Å². The molecule has 3 heteroatoms. The molecule has 3 nitrogen and oxygen atoms in total. The maximum absolute atomic E-state index is 9.64. The van der Waals surface area contributed by atoms with Crippen molar-refractivity contribution in [2.75, 3.05) is 6.54 Å². The highest BCUT2D eigenvalue weighted by Crippen LogP contribution is 2.08. The molecule has 0 aliphatic carbocycles. The van der Waals surface area contributed by atoms with Gasteiger partial charge in [-0.25, -0.2) is 0 Å². The topological polar surface area (TPSA) is 45.1 Å². The van der Waals surface area contributed by atoms with Crippen LogP contribution in [-0.4, -0.2) is 22.7 Å². The molecule has 2 N–H and O–H groups in total. The number of hydrogen-bond donors (Lipinski definition) is 2. The highest BCUT2D eigenvalue weighted by molar-refractivity contribution is 5.11. The molecule has 1 rings (SSSR count). The molecule has 0 bridgehead atoms. The van der Waals surface area contributed by atoms with Gasteiger partial charge in [-0.2, -0.15) is 0 Å². The van der Waals surface area contributed by atoms with E-state index < -0.39 is 6.10 Å². The van der Waals surface area contributed by atoms with Gasteiger partial charge in [-0.05, 0) is 19.9 Å². The van der Waals surface area contributed by atoms with Gasteiger partial charge in [0.25, 0.3) is 0 Å². The summed E-state index contributed by atoms with van der Waals surface area (Å²) in [5.74, 6) is 0. The Kier molecular flexibility index (Phi) is 3.86. The van der Waals surface area contributed by atoms with Crippen LogP contribution >= 0.6 is 0 Å². The van der Waals surface area contributed by atoms with Crippen LogP contribution in [0.15, 0.2) is 24.5 Å². The Balaban J connectivity index is 2.44. The van der Waals surface area contributed by atoms with Crippen LogP contribution in [0.5, 0.6) is 0 Å². The Morgan fingerprint density at radius 2 is 2.46 bits per heavy atom. The number of hydrogen-bond acceptors (Lipinski definition) is 3. The van der Waals surface area contributed by atoms with Gasteiger partial charge in [0.15, 0.2) is 0 Å². The molecule has 1 heterocycles. The van der Waals surface area contributed by atoms with E-state index in [0.717, 1.165) is 5.56 Å². The average Bonchev–Trinajstić information content (AvgIpc) is 2.15. The first-order chi connectivity index (χ1) is 6.20. The zero-order valence-electron chi connectivity index (χ0n) is 7.77. The summed E-state index contributed by atoms with van der Waals surface area (Å²) >= 11 is 0. The number of nitrogens with zero attached hydrogens (tertiary/aromatic N) is 1. The third kappa shape index (κ3) is 3.53. The van der Waals surface area contributed by atoms with Gasteiger partial charge in [-0.15, -0.1) is 0 Å². The van der Waals surface area contributed by atoms with Gasteiger partial charge < -0.3 is 10.4 Å². The first kappa shape index (κ1) is 10.2. The van der Waals surface area contributed by atoms with E-state index in [1.807, 2.05) is 19.1 Å². The molecule has 0 aliphatic rings. The summed E-state index contributed by atoms with van der Waals surface area (Å²) in [6.45, 7) is 6.22. The van der Waals surface area contributed by atoms with Crippen molar-refractivity contribution in [2.24, 2.45) is 0 Å². The molecule has 1 radical (unpaired) electrons. The summed E-state index contributed by atoms with van der Waals surface area (Å²) in [6, 6.07) is 3.81. The van der Waals surface area contributed by atoms with Crippen molar-refractivity contribution in [3.8, 4) is 0 Å². The van der Waals surface area contributed by atoms with Crippen molar-refractivity contribution in [3.05, 3.63) is 37.0 Å². The number of pyridine rings is 1. The van der Waals surface area contributed by atoms with Gasteiger partial charge in [-0.3, -0.25) is 4.98 Å². The number of aliphatic hydroxyl groups is 1. The molecule has 0 spiro atoms. The Hall–Kier alpha value is -0.930. The van der Waals surface area contributed by atoms with E-state index in [2.05, 4.69) is 17.2 Å². The largest absolute Gasteiger partial charge is 0.387 e. The zero-order valence-corrected chi connectivity index (χ0v) is 7.77. The molecule has 13 heavy (non-hydrogen) atoms. The Labute approximate surface area is 78.8 Å². The Morgan fingerprint density at radius 1 is 1.69 bits per heavy atom. The van der Waals surface area contributed by atoms with Crippen LogP contribution in [0, 0.1) is 6.92 Å². The minimum atomic E-state index is -0.502. The summed E-state index contributed by atoms with van der Waals surface area (Å²) in [4.78, 5) is 3.93. The van der Waals surface area contributed by atoms with Crippen molar-refractivity contribution < 1.29 is 5.11 Å². The van der Waals surface area contributed by atoms with Crippen molar-refractivity contribution in [2.45, 2.75) is 19.1 Å². The molecule has 0 aliphatic heterocycles. The van der Waals surface area contributed by atoms with Gasteiger partial charge in [0.2, 0.25) is 0 Å². The van der Waals surface area contributed by atoms with Crippen LogP contribution in [0.25, 0.3) is 0 Å². The summed E-state index contributed by atoms with van der Waals surface area (Å²) in [7, 11) is 0. The lowest BCUT2D eigenvalue weighted by Gasteiger charge is -2.13. The van der Waals surface area contributed by atoms with Crippen LogP contribution in [0.1, 0.15) is 18.6 Å². The predicted octanol–water partition coefficient (Wildman–Crippen LogP) is 0.927. The van der Waals surface area contributed by atoms with Crippen LogP contribution in [-0.2, 0) is 0 Å². The number of nitrogens with one attached hydrogen (secondary N) is 1. The van der Waals surface area contributed by atoms with Gasteiger partial charge in [0.1, 0.15) is 0 Å². The highest BCUT2D eigenvalue weighted by atomic mass is 16.3. The minimum absolute atomic E-state index is 0.145. The molecule has 71 valence electrons. The van der Waals surface area contributed by atoms with Crippen LogP contribution in [0.2, 0.25) is 0 Å². The molecule has 0 saturated heterocycles. The SMILES string of the molecule is [CH2][C@H](C)NC[C@H](O)c1cccnc1. The fourth-order valence-electron chi connectivity index (χ4n) is 1.00.